The van der Waals surface area contributed by atoms with Gasteiger partial charge in [0.25, 0.3) is 0 Å². The Morgan fingerprint density at radius 1 is 1.15 bits per heavy atom. The first-order chi connectivity index (χ1) is 12.7. The summed E-state index contributed by atoms with van der Waals surface area (Å²) in [7, 11) is -3.61. The van der Waals surface area contributed by atoms with E-state index in [0.717, 1.165) is 27.4 Å². The Morgan fingerprint density at radius 2 is 1.81 bits per heavy atom. The van der Waals surface area contributed by atoms with Gasteiger partial charge in [0.1, 0.15) is 18.9 Å². The monoisotopic (exact) mass is 410 g/mol. The van der Waals surface area contributed by atoms with E-state index >= 15 is 0 Å². The lowest BCUT2D eigenvalue weighted by Crippen LogP contribution is -2.41. The Morgan fingerprint density at radius 3 is 2.44 bits per heavy atom. The number of hydrogen-bond acceptors (Lipinski definition) is 4. The number of amides is 1. The summed E-state index contributed by atoms with van der Waals surface area (Å²) < 4.78 is 30.8. The Hall–Kier alpha value is -2.25. The fourth-order valence-electron chi connectivity index (χ4n) is 2.41. The van der Waals surface area contributed by atoms with Crippen molar-refractivity contribution in [3.8, 4) is 5.75 Å². The van der Waals surface area contributed by atoms with Gasteiger partial charge in [0.15, 0.2) is 0 Å². The molecule has 146 valence electrons. The van der Waals surface area contributed by atoms with E-state index in [0.29, 0.717) is 10.7 Å². The predicted molar refractivity (Wildman–Crippen MR) is 108 cm³/mol. The summed E-state index contributed by atoms with van der Waals surface area (Å²) in [5.41, 5.74) is 2.48. The van der Waals surface area contributed by atoms with Crippen molar-refractivity contribution in [3.05, 3.63) is 58.6 Å². The van der Waals surface area contributed by atoms with Gasteiger partial charge in [-0.2, -0.15) is 0 Å². The van der Waals surface area contributed by atoms with E-state index in [-0.39, 0.29) is 19.7 Å². The minimum absolute atomic E-state index is 0.268. The van der Waals surface area contributed by atoms with Gasteiger partial charge in [-0.15, -0.1) is 0 Å². The molecule has 1 N–H and O–H groups in total. The smallest absolute Gasteiger partial charge is 0.240 e. The molecule has 27 heavy (non-hydrogen) atoms. The molecule has 0 aliphatic carbocycles. The first-order valence-corrected chi connectivity index (χ1v) is 10.6. The number of nitrogens with zero attached hydrogens (tertiary/aromatic N) is 1. The first kappa shape index (κ1) is 21.1. The van der Waals surface area contributed by atoms with Gasteiger partial charge in [0.05, 0.1) is 18.5 Å². The number of rotatable bonds is 8. The van der Waals surface area contributed by atoms with Crippen molar-refractivity contribution in [1.82, 2.24) is 5.32 Å². The van der Waals surface area contributed by atoms with Gasteiger partial charge in [0.2, 0.25) is 15.9 Å². The van der Waals surface area contributed by atoms with Crippen LogP contribution >= 0.6 is 11.6 Å². The summed E-state index contributed by atoms with van der Waals surface area (Å²) in [5.74, 6) is 0.350. The van der Waals surface area contributed by atoms with Crippen molar-refractivity contribution in [2.45, 2.75) is 13.8 Å². The molecule has 0 aliphatic heterocycles. The lowest BCUT2D eigenvalue weighted by molar-refractivity contribution is -0.119. The van der Waals surface area contributed by atoms with Crippen molar-refractivity contribution in [3.63, 3.8) is 0 Å². The molecule has 0 aliphatic rings. The maximum atomic E-state index is 12.2. The second kappa shape index (κ2) is 9.10. The van der Waals surface area contributed by atoms with E-state index in [4.69, 9.17) is 16.3 Å². The molecule has 0 radical (unpaired) electrons. The number of carbonyl (C=O) groups excluding carboxylic acids is 1. The van der Waals surface area contributed by atoms with E-state index in [1.165, 1.54) is 0 Å². The minimum Gasteiger partial charge on any atom is -0.491 e. The molecule has 0 bridgehead atoms. The Balaban J connectivity index is 1.90. The van der Waals surface area contributed by atoms with E-state index in [1.807, 2.05) is 32.0 Å². The molecule has 0 unspecified atom stereocenters. The van der Waals surface area contributed by atoms with Gasteiger partial charge in [-0.1, -0.05) is 23.7 Å². The zero-order chi connectivity index (χ0) is 20.0. The van der Waals surface area contributed by atoms with Crippen LogP contribution in [0.2, 0.25) is 5.02 Å². The molecule has 0 spiro atoms. The van der Waals surface area contributed by atoms with Crippen molar-refractivity contribution >= 4 is 33.2 Å². The maximum Gasteiger partial charge on any atom is 0.240 e. The second-order valence-electron chi connectivity index (χ2n) is 6.21. The standard InChI is InChI=1S/C19H23ClN2O4S/c1-14-4-5-15(2)18(12-14)26-11-10-21-19(23)13-22(27(3,24)25)17-8-6-16(20)7-9-17/h4-9,12H,10-11,13H2,1-3H3,(H,21,23). The summed E-state index contributed by atoms with van der Waals surface area (Å²) in [4.78, 5) is 12.2. The maximum absolute atomic E-state index is 12.2. The highest BCUT2D eigenvalue weighted by Crippen LogP contribution is 2.20. The fourth-order valence-corrected chi connectivity index (χ4v) is 3.39. The van der Waals surface area contributed by atoms with Crippen LogP contribution in [-0.4, -0.2) is 40.3 Å². The zero-order valence-corrected chi connectivity index (χ0v) is 17.1. The van der Waals surface area contributed by atoms with Crippen LogP contribution in [0.3, 0.4) is 0 Å². The molecule has 0 atom stereocenters. The third-order valence-corrected chi connectivity index (χ3v) is 5.22. The Labute approximate surface area is 165 Å². The SMILES string of the molecule is Cc1ccc(C)c(OCCNC(=O)CN(c2ccc(Cl)cc2)S(C)(=O)=O)c1. The van der Waals surface area contributed by atoms with Crippen LogP contribution in [0.4, 0.5) is 5.69 Å². The average Bonchev–Trinajstić information content (AvgIpc) is 2.59. The van der Waals surface area contributed by atoms with Crippen LogP contribution in [0.25, 0.3) is 0 Å². The summed E-state index contributed by atoms with van der Waals surface area (Å²) in [6.07, 6.45) is 1.05. The number of carbonyl (C=O) groups is 1. The highest BCUT2D eigenvalue weighted by Gasteiger charge is 2.20. The topological polar surface area (TPSA) is 75.7 Å². The molecule has 8 heteroatoms. The van der Waals surface area contributed by atoms with E-state index in [2.05, 4.69) is 5.32 Å². The van der Waals surface area contributed by atoms with Crippen molar-refractivity contribution in [2.75, 3.05) is 30.3 Å². The van der Waals surface area contributed by atoms with Crippen LogP contribution in [0, 0.1) is 13.8 Å². The molecule has 2 rings (SSSR count). The number of anilines is 1. The Bertz CT molecular complexity index is 898. The predicted octanol–water partition coefficient (Wildman–Crippen LogP) is 2.92. The number of aryl methyl sites for hydroxylation is 2. The van der Waals surface area contributed by atoms with E-state index < -0.39 is 15.9 Å². The third-order valence-electron chi connectivity index (χ3n) is 3.83. The second-order valence-corrected chi connectivity index (χ2v) is 8.56. The molecule has 2 aromatic carbocycles. The number of sulfonamides is 1. The van der Waals surface area contributed by atoms with Crippen LogP contribution in [-0.2, 0) is 14.8 Å². The summed E-state index contributed by atoms with van der Waals surface area (Å²) >= 11 is 5.83. The minimum atomic E-state index is -3.61. The van der Waals surface area contributed by atoms with Crippen molar-refractivity contribution < 1.29 is 17.9 Å². The fraction of sp³-hybridized carbons (Fsp3) is 0.316. The molecule has 0 fully saturated rings. The van der Waals surface area contributed by atoms with Gasteiger partial charge in [0, 0.05) is 5.02 Å². The lowest BCUT2D eigenvalue weighted by Gasteiger charge is -2.22. The number of nitrogens with one attached hydrogen (secondary N) is 1. The van der Waals surface area contributed by atoms with Crippen LogP contribution < -0.4 is 14.4 Å². The van der Waals surface area contributed by atoms with Gasteiger partial charge in [-0.25, -0.2) is 8.42 Å². The largest absolute Gasteiger partial charge is 0.491 e. The van der Waals surface area contributed by atoms with E-state index in [9.17, 15) is 13.2 Å². The molecular weight excluding hydrogens is 388 g/mol. The molecule has 2 aromatic rings. The summed E-state index contributed by atoms with van der Waals surface area (Å²) in [5, 5.41) is 3.16. The molecule has 1 amide bonds. The molecule has 0 saturated carbocycles. The number of hydrogen-bond donors (Lipinski definition) is 1. The van der Waals surface area contributed by atoms with Gasteiger partial charge in [-0.05, 0) is 55.3 Å². The van der Waals surface area contributed by atoms with Crippen LogP contribution in [0.5, 0.6) is 5.75 Å². The average molecular weight is 411 g/mol. The zero-order valence-electron chi connectivity index (χ0n) is 15.5. The lowest BCUT2D eigenvalue weighted by atomic mass is 10.1. The summed E-state index contributed by atoms with van der Waals surface area (Å²) in [6.45, 7) is 4.16. The third kappa shape index (κ3) is 6.45. The Kier molecular flexibility index (Phi) is 7.10. The van der Waals surface area contributed by atoms with Crippen molar-refractivity contribution in [1.29, 1.82) is 0 Å². The number of benzene rings is 2. The van der Waals surface area contributed by atoms with Crippen LogP contribution in [0.15, 0.2) is 42.5 Å². The molecule has 0 saturated heterocycles. The molecule has 0 heterocycles. The molecular formula is C19H23ClN2O4S. The van der Waals surface area contributed by atoms with Crippen LogP contribution in [0.1, 0.15) is 11.1 Å². The summed E-state index contributed by atoms with van der Waals surface area (Å²) in [6, 6.07) is 12.2. The highest BCUT2D eigenvalue weighted by molar-refractivity contribution is 7.92. The van der Waals surface area contributed by atoms with Crippen molar-refractivity contribution in [2.24, 2.45) is 0 Å². The highest BCUT2D eigenvalue weighted by atomic mass is 35.5. The molecule has 0 aromatic heterocycles. The van der Waals surface area contributed by atoms with Gasteiger partial charge >= 0.3 is 0 Å². The van der Waals surface area contributed by atoms with Gasteiger partial charge < -0.3 is 10.1 Å². The quantitative estimate of drug-likeness (QED) is 0.679. The van der Waals surface area contributed by atoms with E-state index in [1.54, 1.807) is 24.3 Å². The first-order valence-electron chi connectivity index (χ1n) is 8.37. The van der Waals surface area contributed by atoms with Gasteiger partial charge in [-0.3, -0.25) is 9.10 Å². The number of halogens is 1. The normalized spacial score (nSPS) is 11.1. The molecule has 6 nitrogen and oxygen atoms in total. The number of ether oxygens (including phenoxy) is 1.